The van der Waals surface area contributed by atoms with Crippen LogP contribution in [0.2, 0.25) is 0 Å². The summed E-state index contributed by atoms with van der Waals surface area (Å²) in [4.78, 5) is 26.8. The lowest BCUT2D eigenvalue weighted by atomic mass is 10.1. The van der Waals surface area contributed by atoms with Gasteiger partial charge in [0.25, 0.3) is 0 Å². The monoisotopic (exact) mass is 448 g/mol. The van der Waals surface area contributed by atoms with E-state index < -0.39 is 6.04 Å². The molecule has 0 aliphatic carbocycles. The van der Waals surface area contributed by atoms with Crippen LogP contribution in [-0.2, 0) is 21.9 Å². The molecule has 144 valence electrons. The number of hydrogen-bond acceptors (Lipinski definition) is 3. The van der Waals surface area contributed by atoms with E-state index in [0.717, 1.165) is 15.8 Å². The summed E-state index contributed by atoms with van der Waals surface area (Å²) in [5.41, 5.74) is 2.18. The Morgan fingerprint density at radius 3 is 2.37 bits per heavy atom. The van der Waals surface area contributed by atoms with E-state index in [0.29, 0.717) is 18.8 Å². The second-order valence-electron chi connectivity index (χ2n) is 6.20. The van der Waals surface area contributed by atoms with Crippen molar-refractivity contribution in [1.29, 1.82) is 0 Å². The van der Waals surface area contributed by atoms with E-state index >= 15 is 0 Å². The molecule has 0 aromatic heterocycles. The van der Waals surface area contributed by atoms with Crippen molar-refractivity contribution in [2.24, 2.45) is 0 Å². The van der Waals surface area contributed by atoms with E-state index in [-0.39, 0.29) is 11.8 Å². The van der Waals surface area contributed by atoms with E-state index in [9.17, 15) is 9.59 Å². The maximum atomic E-state index is 12.9. The molecule has 0 unspecified atom stereocenters. The van der Waals surface area contributed by atoms with Crippen LogP contribution < -0.4 is 5.32 Å². The molecule has 0 saturated heterocycles. The summed E-state index contributed by atoms with van der Waals surface area (Å²) in [7, 11) is 0. The number of carbonyl (C=O) groups excluding carboxylic acids is 2. The number of benzene rings is 2. The predicted octanol–water partition coefficient (Wildman–Crippen LogP) is 4.24. The summed E-state index contributed by atoms with van der Waals surface area (Å²) in [6.45, 7) is 4.62. The zero-order chi connectivity index (χ0) is 19.6. The minimum atomic E-state index is -0.515. The van der Waals surface area contributed by atoms with Gasteiger partial charge in [0.1, 0.15) is 6.04 Å². The van der Waals surface area contributed by atoms with Crippen molar-refractivity contribution < 1.29 is 9.59 Å². The maximum Gasteiger partial charge on any atom is 0.242 e. The number of thioether (sulfide) groups is 1. The van der Waals surface area contributed by atoms with Gasteiger partial charge in [-0.3, -0.25) is 9.59 Å². The number of hydrogen-bond donors (Lipinski definition) is 1. The molecule has 0 spiro atoms. The Morgan fingerprint density at radius 1 is 1.07 bits per heavy atom. The van der Waals surface area contributed by atoms with Crippen LogP contribution in [0.3, 0.4) is 0 Å². The zero-order valence-electron chi connectivity index (χ0n) is 15.7. The molecule has 0 fully saturated rings. The number of carbonyl (C=O) groups is 2. The summed E-state index contributed by atoms with van der Waals surface area (Å²) < 4.78 is 0.985. The van der Waals surface area contributed by atoms with Crippen LogP contribution in [0.15, 0.2) is 59.1 Å². The quantitative estimate of drug-likeness (QED) is 0.623. The highest BCUT2D eigenvalue weighted by molar-refractivity contribution is 9.10. The van der Waals surface area contributed by atoms with Gasteiger partial charge in [-0.2, -0.15) is 0 Å². The first-order valence-corrected chi connectivity index (χ1v) is 10.9. The molecule has 0 radical (unpaired) electrons. The molecule has 0 aliphatic rings. The fourth-order valence-corrected chi connectivity index (χ4v) is 3.74. The lowest BCUT2D eigenvalue weighted by Crippen LogP contribution is -2.48. The number of nitrogens with one attached hydrogen (secondary N) is 1. The standard InChI is InChI=1S/C21H25BrN2O2S/c1-3-23-21(26)16(2)24(13-17-9-11-19(22)12-10-17)20(25)15-27-14-18-7-5-4-6-8-18/h4-12,16H,3,13-15H2,1-2H3,(H,23,26)/t16-/m1/s1. The van der Waals surface area contributed by atoms with Gasteiger partial charge in [0.05, 0.1) is 5.75 Å². The molecule has 0 heterocycles. The SMILES string of the molecule is CCNC(=O)[C@@H](C)N(Cc1ccc(Br)cc1)C(=O)CSCc1ccccc1. The van der Waals surface area contributed by atoms with Crippen molar-refractivity contribution in [3.05, 3.63) is 70.2 Å². The van der Waals surface area contributed by atoms with Crippen LogP contribution in [-0.4, -0.2) is 35.1 Å². The van der Waals surface area contributed by atoms with Crippen molar-refractivity contribution >= 4 is 39.5 Å². The molecule has 1 N–H and O–H groups in total. The molecule has 0 saturated carbocycles. The molecule has 0 aliphatic heterocycles. The van der Waals surface area contributed by atoms with Crippen LogP contribution >= 0.6 is 27.7 Å². The summed E-state index contributed by atoms with van der Waals surface area (Å²) in [5.74, 6) is 0.956. The number of likely N-dealkylation sites (N-methyl/N-ethyl adjacent to an activating group) is 1. The van der Waals surface area contributed by atoms with Crippen molar-refractivity contribution in [3.8, 4) is 0 Å². The first kappa shape index (κ1) is 21.5. The van der Waals surface area contributed by atoms with E-state index in [1.807, 2.05) is 61.5 Å². The van der Waals surface area contributed by atoms with Crippen LogP contribution in [0, 0.1) is 0 Å². The molecule has 27 heavy (non-hydrogen) atoms. The number of rotatable bonds is 9. The van der Waals surface area contributed by atoms with Gasteiger partial charge in [0.2, 0.25) is 11.8 Å². The summed E-state index contributed by atoms with van der Waals surface area (Å²) >= 11 is 4.99. The molecule has 2 aromatic rings. The normalized spacial score (nSPS) is 11.7. The second-order valence-corrected chi connectivity index (χ2v) is 8.10. The zero-order valence-corrected chi connectivity index (χ0v) is 18.1. The van der Waals surface area contributed by atoms with Crippen molar-refractivity contribution in [2.75, 3.05) is 12.3 Å². The van der Waals surface area contributed by atoms with Gasteiger partial charge in [0, 0.05) is 23.3 Å². The van der Waals surface area contributed by atoms with Gasteiger partial charge in [0.15, 0.2) is 0 Å². The number of amides is 2. The Kier molecular flexibility index (Phi) is 8.88. The molecular formula is C21H25BrN2O2S. The Labute approximate surface area is 173 Å². The fourth-order valence-electron chi connectivity index (χ4n) is 2.60. The smallest absolute Gasteiger partial charge is 0.242 e. The molecule has 4 nitrogen and oxygen atoms in total. The lowest BCUT2D eigenvalue weighted by Gasteiger charge is -2.28. The molecule has 2 amide bonds. The highest BCUT2D eigenvalue weighted by atomic mass is 79.9. The predicted molar refractivity (Wildman–Crippen MR) is 115 cm³/mol. The topological polar surface area (TPSA) is 49.4 Å². The largest absolute Gasteiger partial charge is 0.355 e. The van der Waals surface area contributed by atoms with Crippen molar-refractivity contribution in [3.63, 3.8) is 0 Å². The third kappa shape index (κ3) is 7.03. The molecular weight excluding hydrogens is 424 g/mol. The van der Waals surface area contributed by atoms with Gasteiger partial charge < -0.3 is 10.2 Å². The van der Waals surface area contributed by atoms with E-state index in [1.165, 1.54) is 5.56 Å². The first-order valence-electron chi connectivity index (χ1n) is 8.94. The number of halogens is 1. The maximum absolute atomic E-state index is 12.9. The van der Waals surface area contributed by atoms with Crippen LogP contribution in [0.5, 0.6) is 0 Å². The van der Waals surface area contributed by atoms with Gasteiger partial charge in [-0.1, -0.05) is 58.4 Å². The lowest BCUT2D eigenvalue weighted by molar-refractivity contribution is -0.138. The third-order valence-electron chi connectivity index (χ3n) is 4.12. The highest BCUT2D eigenvalue weighted by Crippen LogP contribution is 2.17. The highest BCUT2D eigenvalue weighted by Gasteiger charge is 2.25. The third-order valence-corrected chi connectivity index (χ3v) is 5.64. The molecule has 2 rings (SSSR count). The Hall–Kier alpha value is -1.79. The van der Waals surface area contributed by atoms with Crippen molar-refractivity contribution in [1.82, 2.24) is 10.2 Å². The van der Waals surface area contributed by atoms with E-state index in [2.05, 4.69) is 21.2 Å². The number of nitrogens with zero attached hydrogens (tertiary/aromatic N) is 1. The average Bonchev–Trinajstić information content (AvgIpc) is 2.68. The minimum Gasteiger partial charge on any atom is -0.355 e. The minimum absolute atomic E-state index is 0.0300. The van der Waals surface area contributed by atoms with Gasteiger partial charge >= 0.3 is 0 Å². The Bertz CT molecular complexity index is 738. The summed E-state index contributed by atoms with van der Waals surface area (Å²) in [6, 6.07) is 17.4. The molecule has 2 aromatic carbocycles. The second kappa shape index (κ2) is 11.1. The Balaban J connectivity index is 2.03. The van der Waals surface area contributed by atoms with E-state index in [1.54, 1.807) is 23.6 Å². The average molecular weight is 449 g/mol. The van der Waals surface area contributed by atoms with Gasteiger partial charge in [-0.25, -0.2) is 0 Å². The van der Waals surface area contributed by atoms with E-state index in [4.69, 9.17) is 0 Å². The Morgan fingerprint density at radius 2 is 1.74 bits per heavy atom. The van der Waals surface area contributed by atoms with Crippen LogP contribution in [0.4, 0.5) is 0 Å². The van der Waals surface area contributed by atoms with Gasteiger partial charge in [-0.15, -0.1) is 11.8 Å². The van der Waals surface area contributed by atoms with Gasteiger partial charge in [-0.05, 0) is 37.1 Å². The molecule has 6 heteroatoms. The molecule has 1 atom stereocenters. The fraction of sp³-hybridized carbons (Fsp3) is 0.333. The summed E-state index contributed by atoms with van der Waals surface area (Å²) in [6.07, 6.45) is 0. The first-order chi connectivity index (χ1) is 13.0. The van der Waals surface area contributed by atoms with Crippen LogP contribution in [0.25, 0.3) is 0 Å². The van der Waals surface area contributed by atoms with Crippen molar-refractivity contribution in [2.45, 2.75) is 32.2 Å². The summed E-state index contributed by atoms with van der Waals surface area (Å²) in [5, 5.41) is 2.81. The molecule has 0 bridgehead atoms. The van der Waals surface area contributed by atoms with Crippen LogP contribution in [0.1, 0.15) is 25.0 Å².